The van der Waals surface area contributed by atoms with Crippen LogP contribution in [0.3, 0.4) is 0 Å². The van der Waals surface area contributed by atoms with Gasteiger partial charge in [0.2, 0.25) is 0 Å². The lowest BCUT2D eigenvalue weighted by molar-refractivity contribution is 0.103. The van der Waals surface area contributed by atoms with Gasteiger partial charge in [0, 0.05) is 22.9 Å². The summed E-state index contributed by atoms with van der Waals surface area (Å²) < 4.78 is 34.1. The second-order valence-corrected chi connectivity index (χ2v) is 7.85. The zero-order chi connectivity index (χ0) is 21.8. The van der Waals surface area contributed by atoms with E-state index in [-0.39, 0.29) is 30.7 Å². The molecule has 0 aliphatic carbocycles. The first-order valence-corrected chi connectivity index (χ1v) is 10.4. The minimum absolute atomic E-state index is 0.270. The van der Waals surface area contributed by atoms with Gasteiger partial charge in [0.25, 0.3) is 5.91 Å². The number of amides is 1. The van der Waals surface area contributed by atoms with Crippen molar-refractivity contribution >= 4 is 23.1 Å². The molecule has 0 fully saturated rings. The maximum atomic E-state index is 13.9. The molecule has 0 spiro atoms. The van der Waals surface area contributed by atoms with Crippen molar-refractivity contribution in [2.75, 3.05) is 5.32 Å². The molecule has 0 atom stereocenters. The molecule has 4 aromatic rings. The summed E-state index contributed by atoms with van der Waals surface area (Å²) in [6, 6.07) is 15.8. The molecule has 31 heavy (non-hydrogen) atoms. The van der Waals surface area contributed by atoms with Gasteiger partial charge in [-0.2, -0.15) is 5.10 Å². The topological polar surface area (TPSA) is 56.1 Å². The number of aryl methyl sites for hydroxylation is 1. The highest BCUT2D eigenvalue weighted by Gasteiger charge is 2.13. The van der Waals surface area contributed by atoms with Crippen LogP contribution in [0.2, 0.25) is 0 Å². The minimum atomic E-state index is -0.326. The number of carbonyl (C=O) groups is 1. The number of nitrogens with zero attached hydrogens (tertiary/aromatic N) is 2. The Morgan fingerprint density at radius 2 is 1.90 bits per heavy atom. The highest BCUT2D eigenvalue weighted by atomic mass is 32.1. The molecular formula is C23H19F2N3O2S. The Morgan fingerprint density at radius 3 is 2.68 bits per heavy atom. The fourth-order valence-electron chi connectivity index (χ4n) is 2.97. The summed E-state index contributed by atoms with van der Waals surface area (Å²) in [5.41, 5.74) is 2.16. The molecule has 0 saturated heterocycles. The Bertz CT molecular complexity index is 1200. The lowest BCUT2D eigenvalue weighted by atomic mass is 10.2. The molecule has 5 nitrogen and oxygen atoms in total. The Balaban J connectivity index is 1.37. The molecule has 8 heteroatoms. The minimum Gasteiger partial charge on any atom is -0.489 e. The van der Waals surface area contributed by atoms with Crippen molar-refractivity contribution in [3.8, 4) is 5.75 Å². The van der Waals surface area contributed by atoms with Crippen LogP contribution < -0.4 is 10.1 Å². The SMILES string of the molecule is Cc1cc(NC(=O)c2cc(COc3ccc(F)cc3)cs2)nn1Cc1ccccc1F. The van der Waals surface area contributed by atoms with Gasteiger partial charge >= 0.3 is 0 Å². The summed E-state index contributed by atoms with van der Waals surface area (Å²) in [5, 5.41) is 8.98. The van der Waals surface area contributed by atoms with E-state index in [0.717, 1.165) is 11.3 Å². The van der Waals surface area contributed by atoms with Crippen molar-refractivity contribution in [1.82, 2.24) is 9.78 Å². The first-order valence-electron chi connectivity index (χ1n) is 9.53. The number of carbonyl (C=O) groups excluding carboxylic acids is 1. The van der Waals surface area contributed by atoms with E-state index < -0.39 is 0 Å². The first-order chi connectivity index (χ1) is 15.0. The second-order valence-electron chi connectivity index (χ2n) is 6.94. The van der Waals surface area contributed by atoms with Crippen molar-refractivity contribution in [2.24, 2.45) is 0 Å². The van der Waals surface area contributed by atoms with E-state index in [1.807, 2.05) is 12.3 Å². The summed E-state index contributed by atoms with van der Waals surface area (Å²) in [7, 11) is 0. The van der Waals surface area contributed by atoms with Crippen LogP contribution in [0.4, 0.5) is 14.6 Å². The zero-order valence-corrected chi connectivity index (χ0v) is 17.5. The van der Waals surface area contributed by atoms with Crippen molar-refractivity contribution in [3.63, 3.8) is 0 Å². The van der Waals surface area contributed by atoms with Gasteiger partial charge < -0.3 is 10.1 Å². The second kappa shape index (κ2) is 9.09. The summed E-state index contributed by atoms with van der Waals surface area (Å²) in [6.45, 7) is 2.39. The van der Waals surface area contributed by atoms with Crippen LogP contribution in [-0.2, 0) is 13.2 Å². The number of anilines is 1. The standard InChI is InChI=1S/C23H19F2N3O2S/c1-15-10-22(27-28(15)12-17-4-2-3-5-20(17)25)26-23(29)21-11-16(14-31-21)13-30-19-8-6-18(24)7-9-19/h2-11,14H,12-13H2,1H3,(H,26,27,29). The zero-order valence-electron chi connectivity index (χ0n) is 16.6. The van der Waals surface area contributed by atoms with Crippen LogP contribution in [0.5, 0.6) is 5.75 Å². The van der Waals surface area contributed by atoms with E-state index in [0.29, 0.717) is 22.0 Å². The van der Waals surface area contributed by atoms with Crippen LogP contribution in [-0.4, -0.2) is 15.7 Å². The van der Waals surface area contributed by atoms with E-state index in [1.165, 1.54) is 29.5 Å². The molecule has 0 bridgehead atoms. The molecule has 0 saturated carbocycles. The highest BCUT2D eigenvalue weighted by molar-refractivity contribution is 7.12. The lowest BCUT2D eigenvalue weighted by Gasteiger charge is -2.05. The summed E-state index contributed by atoms with van der Waals surface area (Å²) in [4.78, 5) is 13.1. The molecule has 1 N–H and O–H groups in total. The van der Waals surface area contributed by atoms with Crippen LogP contribution in [0.1, 0.15) is 26.5 Å². The maximum Gasteiger partial charge on any atom is 0.266 e. The fraction of sp³-hybridized carbons (Fsp3) is 0.130. The first kappa shape index (κ1) is 20.7. The van der Waals surface area contributed by atoms with Crippen molar-refractivity contribution < 1.29 is 18.3 Å². The Kier molecular flexibility index (Phi) is 6.08. The smallest absolute Gasteiger partial charge is 0.266 e. The predicted molar refractivity (Wildman–Crippen MR) is 115 cm³/mol. The fourth-order valence-corrected chi connectivity index (χ4v) is 3.76. The molecule has 0 radical (unpaired) electrons. The van der Waals surface area contributed by atoms with E-state index in [2.05, 4.69) is 10.4 Å². The van der Waals surface area contributed by atoms with Gasteiger partial charge in [0.1, 0.15) is 24.0 Å². The van der Waals surface area contributed by atoms with E-state index in [9.17, 15) is 13.6 Å². The Hall–Kier alpha value is -3.52. The Labute approximate surface area is 181 Å². The van der Waals surface area contributed by atoms with Gasteiger partial charge in [-0.1, -0.05) is 18.2 Å². The largest absolute Gasteiger partial charge is 0.489 e. The van der Waals surface area contributed by atoms with Gasteiger partial charge in [-0.05, 0) is 48.7 Å². The highest BCUT2D eigenvalue weighted by Crippen LogP contribution is 2.20. The average molecular weight is 439 g/mol. The number of hydrogen-bond donors (Lipinski definition) is 1. The number of hydrogen-bond acceptors (Lipinski definition) is 4. The molecule has 2 aromatic carbocycles. The summed E-state index contributed by atoms with van der Waals surface area (Å²) in [6.07, 6.45) is 0. The van der Waals surface area contributed by atoms with Crippen LogP contribution in [0.25, 0.3) is 0 Å². The quantitative estimate of drug-likeness (QED) is 0.419. The number of rotatable bonds is 7. The van der Waals surface area contributed by atoms with Crippen LogP contribution in [0, 0.1) is 18.6 Å². The monoisotopic (exact) mass is 439 g/mol. The molecule has 2 aromatic heterocycles. The van der Waals surface area contributed by atoms with E-state index in [4.69, 9.17) is 4.74 Å². The molecule has 0 aliphatic heterocycles. The van der Waals surface area contributed by atoms with Crippen molar-refractivity contribution in [2.45, 2.75) is 20.1 Å². The number of aromatic nitrogens is 2. The number of thiophene rings is 1. The summed E-state index contributed by atoms with van der Waals surface area (Å²) >= 11 is 1.29. The number of nitrogens with one attached hydrogen (secondary N) is 1. The van der Waals surface area contributed by atoms with Crippen LogP contribution in [0.15, 0.2) is 66.0 Å². The van der Waals surface area contributed by atoms with E-state index >= 15 is 0 Å². The number of ether oxygens (including phenoxy) is 1. The molecule has 4 rings (SSSR count). The summed E-state index contributed by atoms with van der Waals surface area (Å²) in [5.74, 6) is 0.0461. The van der Waals surface area contributed by atoms with Gasteiger partial charge in [-0.3, -0.25) is 9.48 Å². The van der Waals surface area contributed by atoms with Gasteiger partial charge in [0.05, 0.1) is 11.4 Å². The molecule has 0 aliphatic rings. The van der Waals surface area contributed by atoms with Crippen molar-refractivity contribution in [3.05, 3.63) is 99.4 Å². The molecule has 158 valence electrons. The average Bonchev–Trinajstić information content (AvgIpc) is 3.36. The van der Waals surface area contributed by atoms with Gasteiger partial charge in [-0.15, -0.1) is 11.3 Å². The molecule has 1 amide bonds. The number of benzene rings is 2. The normalized spacial score (nSPS) is 10.8. The maximum absolute atomic E-state index is 13.9. The molecule has 2 heterocycles. The predicted octanol–water partition coefficient (Wildman–Crippen LogP) is 5.41. The third-order valence-corrected chi connectivity index (χ3v) is 5.58. The van der Waals surface area contributed by atoms with Gasteiger partial charge in [-0.25, -0.2) is 8.78 Å². The van der Waals surface area contributed by atoms with Crippen LogP contribution >= 0.6 is 11.3 Å². The van der Waals surface area contributed by atoms with Crippen molar-refractivity contribution in [1.29, 1.82) is 0 Å². The van der Waals surface area contributed by atoms with E-state index in [1.54, 1.807) is 47.1 Å². The third-order valence-electron chi connectivity index (χ3n) is 4.60. The number of halogens is 2. The molecular weight excluding hydrogens is 420 g/mol. The van der Waals surface area contributed by atoms with Gasteiger partial charge in [0.15, 0.2) is 5.82 Å². The Morgan fingerprint density at radius 1 is 1.13 bits per heavy atom. The third kappa shape index (κ3) is 5.16. The lowest BCUT2D eigenvalue weighted by Crippen LogP contribution is -2.12. The molecule has 0 unspecified atom stereocenters.